The number of anilines is 1. The second-order valence-corrected chi connectivity index (χ2v) is 13.2. The fourth-order valence-corrected chi connectivity index (χ4v) is 7.01. The summed E-state index contributed by atoms with van der Waals surface area (Å²) in [5.41, 5.74) is 7.51. The van der Waals surface area contributed by atoms with Crippen LogP contribution in [0.5, 0.6) is 11.5 Å². The first-order valence-electron chi connectivity index (χ1n) is 17.5. The third-order valence-electron chi connectivity index (χ3n) is 9.41. The molecule has 2 amide bonds. The Morgan fingerprint density at radius 3 is 1.87 bits per heavy atom. The van der Waals surface area contributed by atoms with Crippen LogP contribution in [0.15, 0.2) is 53.3 Å². The van der Waals surface area contributed by atoms with Crippen LogP contribution in [-0.4, -0.2) is 54.9 Å². The second kappa shape index (κ2) is 16.2. The highest BCUT2D eigenvalue weighted by atomic mass is 19.4. The molecule has 0 bridgehead atoms. The third-order valence-corrected chi connectivity index (χ3v) is 9.41. The number of primary amides is 1. The molecule has 292 valence electrons. The van der Waals surface area contributed by atoms with E-state index in [9.17, 15) is 40.7 Å². The van der Waals surface area contributed by atoms with E-state index < -0.39 is 35.8 Å². The number of rotatable bonds is 10. The normalized spacial score (nSPS) is 15.2. The number of carbonyl (C=O) groups is 2. The Morgan fingerprint density at radius 1 is 0.764 bits per heavy atom. The largest absolute Gasteiger partial charge is 0.573 e. The number of halogens is 6. The maximum Gasteiger partial charge on any atom is 0.573 e. The summed E-state index contributed by atoms with van der Waals surface area (Å²) in [6.45, 7) is 0. The third kappa shape index (κ3) is 9.81. The van der Waals surface area contributed by atoms with E-state index in [-0.39, 0.29) is 64.3 Å². The standard InChI is InChI=1S/C18H19F3N4O3.C18H17F3N4O2/c19-18(20,21)28-12-8-4-3-7-11(12)9-13(26)23-15-14(10-5-1-2-6-10)24-25-16(15)17(22)27;19-18(20,21)27-12-8-4-3-7-11(12)9-13-22-15-14(10-5-1-2-6-10)24-25-16(15)17(26)23-13/h3-4,7-8,10H,1-2,5-6,9H2,(H2,22,27)(H,23,26)(H,24,25);3-4,7-8,10H,1-2,5-6,9H2,(H,24,25)(H,22,23,26). The van der Waals surface area contributed by atoms with Gasteiger partial charge in [-0.3, -0.25) is 24.6 Å². The molecule has 0 aliphatic heterocycles. The van der Waals surface area contributed by atoms with Crippen LogP contribution >= 0.6 is 0 Å². The first kappa shape index (κ1) is 38.8. The van der Waals surface area contributed by atoms with E-state index in [2.05, 4.69) is 45.2 Å². The van der Waals surface area contributed by atoms with E-state index in [4.69, 9.17) is 5.73 Å². The molecule has 0 atom stereocenters. The number of aromatic amines is 3. The van der Waals surface area contributed by atoms with Gasteiger partial charge in [0.1, 0.15) is 22.8 Å². The summed E-state index contributed by atoms with van der Waals surface area (Å²) >= 11 is 0. The lowest BCUT2D eigenvalue weighted by molar-refractivity contribution is -0.275. The van der Waals surface area contributed by atoms with Gasteiger partial charge in [-0.1, -0.05) is 62.1 Å². The number of nitrogens with one attached hydrogen (secondary N) is 4. The Labute approximate surface area is 308 Å². The van der Waals surface area contributed by atoms with Gasteiger partial charge >= 0.3 is 12.7 Å². The Morgan fingerprint density at radius 2 is 1.29 bits per heavy atom. The number of para-hydroxylation sites is 2. The molecule has 2 saturated carbocycles. The SMILES string of the molecule is NC(=O)c1n[nH]c(C2CCCC2)c1NC(=O)Cc1ccccc1OC(F)(F)F.O=c1[nH]c(Cc2ccccc2OC(F)(F)F)nc2c(C3CCCC3)[nH]nc12. The average molecular weight is 775 g/mol. The predicted octanol–water partition coefficient (Wildman–Crippen LogP) is 7.04. The van der Waals surface area contributed by atoms with Crippen LogP contribution in [0.4, 0.5) is 32.0 Å². The molecule has 0 spiro atoms. The van der Waals surface area contributed by atoms with Gasteiger partial charge in [0.25, 0.3) is 11.5 Å². The quantitative estimate of drug-likeness (QED) is 0.0933. The zero-order valence-electron chi connectivity index (χ0n) is 29.1. The number of amides is 2. The van der Waals surface area contributed by atoms with Gasteiger partial charge in [-0.2, -0.15) is 10.2 Å². The van der Waals surface area contributed by atoms with Crippen molar-refractivity contribution >= 4 is 28.5 Å². The summed E-state index contributed by atoms with van der Waals surface area (Å²) in [5, 5.41) is 16.3. The summed E-state index contributed by atoms with van der Waals surface area (Å²) in [6, 6.07) is 11.2. The molecule has 6 N–H and O–H groups in total. The van der Waals surface area contributed by atoms with Gasteiger partial charge in [0.2, 0.25) is 5.91 Å². The molecule has 55 heavy (non-hydrogen) atoms. The Kier molecular flexibility index (Phi) is 11.5. The molecule has 0 unspecified atom stereocenters. The monoisotopic (exact) mass is 774 g/mol. The van der Waals surface area contributed by atoms with Crippen LogP contribution in [0.3, 0.4) is 0 Å². The topological polar surface area (TPSA) is 194 Å². The van der Waals surface area contributed by atoms with Gasteiger partial charge in [-0.15, -0.1) is 26.3 Å². The Hall–Kier alpha value is -5.88. The molecule has 0 saturated heterocycles. The van der Waals surface area contributed by atoms with Gasteiger partial charge in [0.15, 0.2) is 11.2 Å². The fourth-order valence-electron chi connectivity index (χ4n) is 7.01. The van der Waals surface area contributed by atoms with Gasteiger partial charge < -0.3 is 25.5 Å². The molecule has 2 fully saturated rings. The highest BCUT2D eigenvalue weighted by Crippen LogP contribution is 2.38. The van der Waals surface area contributed by atoms with Gasteiger partial charge in [-0.25, -0.2) is 4.98 Å². The number of nitrogens with zero attached hydrogens (tertiary/aromatic N) is 3. The molecule has 2 aromatic carbocycles. The van der Waals surface area contributed by atoms with Gasteiger partial charge in [-0.05, 0) is 37.8 Å². The number of benzene rings is 2. The smallest absolute Gasteiger partial charge is 0.405 e. The van der Waals surface area contributed by atoms with Crippen molar-refractivity contribution in [2.75, 3.05) is 5.32 Å². The van der Waals surface area contributed by atoms with Gasteiger partial charge in [0.05, 0.1) is 23.5 Å². The Balaban J connectivity index is 0.000000187. The maximum atomic E-state index is 12.6. The summed E-state index contributed by atoms with van der Waals surface area (Å²) in [7, 11) is 0. The zero-order valence-corrected chi connectivity index (χ0v) is 29.1. The highest BCUT2D eigenvalue weighted by molar-refractivity contribution is 6.03. The molecular formula is C36H36F6N8O5. The maximum absolute atomic E-state index is 12.6. The van der Waals surface area contributed by atoms with Crippen molar-refractivity contribution < 1.29 is 45.4 Å². The molecule has 3 heterocycles. The predicted molar refractivity (Wildman–Crippen MR) is 185 cm³/mol. The molecule has 19 heteroatoms. The first-order chi connectivity index (χ1) is 26.1. The zero-order chi connectivity index (χ0) is 39.3. The first-order valence-corrected chi connectivity index (χ1v) is 17.5. The minimum absolute atomic E-state index is 0.00667. The van der Waals surface area contributed by atoms with Gasteiger partial charge in [0, 0.05) is 29.4 Å². The number of hydrogen-bond acceptors (Lipinski definition) is 8. The van der Waals surface area contributed by atoms with E-state index >= 15 is 0 Å². The molecule has 5 aromatic rings. The number of aromatic nitrogens is 6. The second-order valence-electron chi connectivity index (χ2n) is 13.2. The van der Waals surface area contributed by atoms with Crippen molar-refractivity contribution in [1.82, 2.24) is 30.4 Å². The minimum Gasteiger partial charge on any atom is -0.405 e. The summed E-state index contributed by atoms with van der Waals surface area (Å²) in [5.74, 6) is -1.53. The van der Waals surface area contributed by atoms with Crippen LogP contribution in [0.1, 0.15) is 102 Å². The van der Waals surface area contributed by atoms with Crippen molar-refractivity contribution in [2.24, 2.45) is 5.73 Å². The number of ether oxygens (including phenoxy) is 2. The van der Waals surface area contributed by atoms with Crippen LogP contribution in [0.25, 0.3) is 11.0 Å². The summed E-state index contributed by atoms with van der Waals surface area (Å²) in [6.07, 6.45) is -1.99. The van der Waals surface area contributed by atoms with Crippen LogP contribution in [0.2, 0.25) is 0 Å². The van der Waals surface area contributed by atoms with Crippen LogP contribution in [0, 0.1) is 0 Å². The van der Waals surface area contributed by atoms with Crippen molar-refractivity contribution in [1.29, 1.82) is 0 Å². The van der Waals surface area contributed by atoms with E-state index in [1.165, 1.54) is 36.4 Å². The lowest BCUT2D eigenvalue weighted by atomic mass is 10.0. The number of carbonyl (C=O) groups excluding carboxylic acids is 2. The van der Waals surface area contributed by atoms with E-state index in [1.54, 1.807) is 6.07 Å². The summed E-state index contributed by atoms with van der Waals surface area (Å²) in [4.78, 5) is 43.6. The average Bonchev–Trinajstić information content (AvgIpc) is 3.93. The van der Waals surface area contributed by atoms with E-state index in [0.717, 1.165) is 63.1 Å². The molecule has 7 rings (SSSR count). The van der Waals surface area contributed by atoms with E-state index in [0.29, 0.717) is 11.2 Å². The van der Waals surface area contributed by atoms with Crippen molar-refractivity contribution in [3.8, 4) is 11.5 Å². The molecular weight excluding hydrogens is 738 g/mol. The number of fused-ring (bicyclic) bond motifs is 1. The molecule has 2 aliphatic rings. The number of nitrogens with two attached hydrogens (primary N) is 1. The van der Waals surface area contributed by atoms with Crippen LogP contribution < -0.4 is 26.1 Å². The van der Waals surface area contributed by atoms with Crippen molar-refractivity contribution in [3.63, 3.8) is 0 Å². The lowest BCUT2D eigenvalue weighted by Gasteiger charge is -2.14. The number of H-pyrrole nitrogens is 3. The minimum atomic E-state index is -4.87. The molecule has 3 aromatic heterocycles. The summed E-state index contributed by atoms with van der Waals surface area (Å²) < 4.78 is 83.5. The fraction of sp³-hybridized carbons (Fsp3) is 0.389. The van der Waals surface area contributed by atoms with E-state index in [1.807, 2.05) is 0 Å². The lowest BCUT2D eigenvalue weighted by Crippen LogP contribution is -2.22. The molecule has 13 nitrogen and oxygen atoms in total. The number of alkyl halides is 6. The molecule has 2 aliphatic carbocycles. The highest BCUT2D eigenvalue weighted by Gasteiger charge is 2.34. The molecule has 0 radical (unpaired) electrons. The van der Waals surface area contributed by atoms with Crippen LogP contribution in [-0.2, 0) is 17.6 Å². The van der Waals surface area contributed by atoms with Crippen molar-refractivity contribution in [3.05, 3.63) is 92.9 Å². The number of hydrogen-bond donors (Lipinski definition) is 5. The van der Waals surface area contributed by atoms with Crippen molar-refractivity contribution in [2.45, 2.75) is 88.8 Å². The Bertz CT molecular complexity index is 2200.